The summed E-state index contributed by atoms with van der Waals surface area (Å²) in [6.45, 7) is 1.08. The summed E-state index contributed by atoms with van der Waals surface area (Å²) in [7, 11) is 1.71. The summed E-state index contributed by atoms with van der Waals surface area (Å²) in [6, 6.07) is 3.66. The molecule has 0 saturated carbocycles. The van der Waals surface area contributed by atoms with Crippen molar-refractivity contribution in [3.63, 3.8) is 0 Å². The molecule has 0 bridgehead atoms. The van der Waals surface area contributed by atoms with Gasteiger partial charge < -0.3 is 16.0 Å². The Morgan fingerprint density at radius 2 is 1.64 bits per heavy atom. The van der Waals surface area contributed by atoms with Gasteiger partial charge in [0.25, 0.3) is 0 Å². The van der Waals surface area contributed by atoms with E-state index in [1.165, 1.54) is 4.48 Å². The molecule has 1 aliphatic heterocycles. The van der Waals surface area contributed by atoms with Crippen LogP contribution in [0.15, 0.2) is 39.7 Å². The van der Waals surface area contributed by atoms with E-state index in [0.717, 1.165) is 24.9 Å². The Kier molecular flexibility index (Phi) is 6.73. The number of anilines is 3. The molecule has 154 valence electrons. The molecule has 3 N–H and O–H groups in total. The summed E-state index contributed by atoms with van der Waals surface area (Å²) >= 11 is 3.69. The standard InChI is InChI=1S/C20H29BrN4O2S/c1-22-15-12-18(23-2)20(19(13-15)24-3)28(26,27)25-10-8-14(9-11-25)16-6-4-5-7-17(16)21/h4,6-7,12-14,16,22-24H,5,8-11H2,1-3H3. The fourth-order valence-electron chi connectivity index (χ4n) is 4.04. The van der Waals surface area contributed by atoms with Gasteiger partial charge in [-0.05, 0) is 41.8 Å². The summed E-state index contributed by atoms with van der Waals surface area (Å²) in [5.41, 5.74) is 2.05. The van der Waals surface area contributed by atoms with Gasteiger partial charge in [0, 0.05) is 45.8 Å². The van der Waals surface area contributed by atoms with Gasteiger partial charge in [-0.2, -0.15) is 4.31 Å². The van der Waals surface area contributed by atoms with E-state index in [9.17, 15) is 8.42 Å². The monoisotopic (exact) mass is 468 g/mol. The average molecular weight is 469 g/mol. The minimum Gasteiger partial charge on any atom is -0.388 e. The summed E-state index contributed by atoms with van der Waals surface area (Å²) in [4.78, 5) is 0.314. The maximum Gasteiger partial charge on any atom is 0.247 e. The van der Waals surface area contributed by atoms with Crippen LogP contribution < -0.4 is 16.0 Å². The second kappa shape index (κ2) is 8.88. The number of hydrogen-bond donors (Lipinski definition) is 3. The lowest BCUT2D eigenvalue weighted by Crippen LogP contribution is -2.40. The molecule has 1 aromatic rings. The van der Waals surface area contributed by atoms with Crippen molar-refractivity contribution in [3.8, 4) is 0 Å². The molecule has 1 unspecified atom stereocenters. The van der Waals surface area contributed by atoms with E-state index in [0.29, 0.717) is 41.2 Å². The molecular weight excluding hydrogens is 440 g/mol. The Hall–Kier alpha value is -1.51. The van der Waals surface area contributed by atoms with Crippen LogP contribution in [0.5, 0.6) is 0 Å². The fraction of sp³-hybridized carbons (Fsp3) is 0.500. The van der Waals surface area contributed by atoms with Crippen molar-refractivity contribution in [3.05, 3.63) is 34.8 Å². The zero-order valence-electron chi connectivity index (χ0n) is 16.6. The molecule has 1 saturated heterocycles. The zero-order chi connectivity index (χ0) is 20.3. The first-order valence-electron chi connectivity index (χ1n) is 9.66. The minimum atomic E-state index is -3.60. The molecule has 1 heterocycles. The number of piperidine rings is 1. The lowest BCUT2D eigenvalue weighted by Gasteiger charge is -2.35. The highest BCUT2D eigenvalue weighted by molar-refractivity contribution is 9.11. The number of halogens is 1. The second-order valence-corrected chi connectivity index (χ2v) is 9.96. The van der Waals surface area contributed by atoms with Crippen molar-refractivity contribution in [1.82, 2.24) is 4.31 Å². The van der Waals surface area contributed by atoms with Gasteiger partial charge in [0.2, 0.25) is 10.0 Å². The molecule has 0 radical (unpaired) electrons. The number of allylic oxidation sites excluding steroid dienone is 4. The van der Waals surface area contributed by atoms with E-state index in [-0.39, 0.29) is 0 Å². The maximum atomic E-state index is 13.5. The van der Waals surface area contributed by atoms with Crippen LogP contribution in [0.4, 0.5) is 17.1 Å². The van der Waals surface area contributed by atoms with Gasteiger partial charge in [0.15, 0.2) is 0 Å². The van der Waals surface area contributed by atoms with E-state index < -0.39 is 10.0 Å². The molecule has 8 heteroatoms. The summed E-state index contributed by atoms with van der Waals surface area (Å²) in [6.07, 6.45) is 9.33. The Morgan fingerprint density at radius 3 is 2.14 bits per heavy atom. The molecule has 1 fully saturated rings. The van der Waals surface area contributed by atoms with Crippen LogP contribution in [0.2, 0.25) is 0 Å². The van der Waals surface area contributed by atoms with Crippen LogP contribution in [0, 0.1) is 11.8 Å². The van der Waals surface area contributed by atoms with Crippen LogP contribution in [-0.2, 0) is 10.0 Å². The van der Waals surface area contributed by atoms with Crippen molar-refractivity contribution < 1.29 is 8.42 Å². The van der Waals surface area contributed by atoms with Crippen LogP contribution in [-0.4, -0.2) is 47.0 Å². The van der Waals surface area contributed by atoms with E-state index >= 15 is 0 Å². The smallest absolute Gasteiger partial charge is 0.247 e. The third-order valence-electron chi connectivity index (χ3n) is 5.63. The molecule has 1 aliphatic carbocycles. The highest BCUT2D eigenvalue weighted by atomic mass is 79.9. The molecule has 0 aromatic heterocycles. The van der Waals surface area contributed by atoms with Crippen LogP contribution in [0.25, 0.3) is 0 Å². The van der Waals surface area contributed by atoms with Gasteiger partial charge in [-0.3, -0.25) is 0 Å². The average Bonchev–Trinajstić information content (AvgIpc) is 2.73. The van der Waals surface area contributed by atoms with Crippen molar-refractivity contribution in [1.29, 1.82) is 0 Å². The first-order chi connectivity index (χ1) is 13.4. The number of nitrogens with zero attached hydrogens (tertiary/aromatic N) is 1. The first kappa shape index (κ1) is 21.2. The molecule has 6 nitrogen and oxygen atoms in total. The van der Waals surface area contributed by atoms with Gasteiger partial charge in [-0.1, -0.05) is 34.2 Å². The summed E-state index contributed by atoms with van der Waals surface area (Å²) in [5.74, 6) is 0.835. The van der Waals surface area contributed by atoms with E-state index in [1.807, 2.05) is 19.2 Å². The van der Waals surface area contributed by atoms with Crippen molar-refractivity contribution in [2.24, 2.45) is 11.8 Å². The quantitative estimate of drug-likeness (QED) is 0.548. The molecule has 2 aliphatic rings. The molecule has 28 heavy (non-hydrogen) atoms. The van der Waals surface area contributed by atoms with Crippen molar-refractivity contribution >= 4 is 43.0 Å². The van der Waals surface area contributed by atoms with Crippen LogP contribution in [0.1, 0.15) is 19.3 Å². The number of nitrogens with one attached hydrogen (secondary N) is 3. The molecule has 1 aromatic carbocycles. The van der Waals surface area contributed by atoms with Crippen molar-refractivity contribution in [2.45, 2.75) is 24.2 Å². The van der Waals surface area contributed by atoms with E-state index in [4.69, 9.17) is 0 Å². The second-order valence-electron chi connectivity index (χ2n) is 7.17. The van der Waals surface area contributed by atoms with E-state index in [1.54, 1.807) is 18.4 Å². The Balaban J connectivity index is 1.84. The van der Waals surface area contributed by atoms with E-state index in [2.05, 4.69) is 50.1 Å². The minimum absolute atomic E-state index is 0.314. The van der Waals surface area contributed by atoms with Gasteiger partial charge in [0.05, 0.1) is 11.4 Å². The normalized spacial score (nSPS) is 21.3. The van der Waals surface area contributed by atoms with Crippen molar-refractivity contribution in [2.75, 3.05) is 50.2 Å². The largest absolute Gasteiger partial charge is 0.388 e. The van der Waals surface area contributed by atoms with Gasteiger partial charge >= 0.3 is 0 Å². The number of hydrogen-bond acceptors (Lipinski definition) is 5. The number of rotatable bonds is 6. The van der Waals surface area contributed by atoms with Gasteiger partial charge in [0.1, 0.15) is 4.90 Å². The lowest BCUT2D eigenvalue weighted by molar-refractivity contribution is 0.249. The number of benzene rings is 1. The molecule has 0 amide bonds. The topological polar surface area (TPSA) is 73.5 Å². The highest BCUT2D eigenvalue weighted by Gasteiger charge is 2.35. The Morgan fingerprint density at radius 1 is 1.04 bits per heavy atom. The van der Waals surface area contributed by atoms with Crippen LogP contribution >= 0.6 is 15.9 Å². The van der Waals surface area contributed by atoms with Gasteiger partial charge in [-0.15, -0.1) is 0 Å². The predicted octanol–water partition coefficient (Wildman–Crippen LogP) is 4.07. The lowest BCUT2D eigenvalue weighted by atomic mass is 9.83. The Bertz CT molecular complexity index is 849. The Labute approximate surface area is 176 Å². The fourth-order valence-corrected chi connectivity index (χ4v) is 6.58. The molecule has 0 spiro atoms. The summed E-state index contributed by atoms with van der Waals surface area (Å²) in [5, 5.41) is 9.17. The number of sulfonamides is 1. The maximum absolute atomic E-state index is 13.5. The molecule has 3 rings (SSSR count). The molecular formula is C20H29BrN4O2S. The third kappa shape index (κ3) is 4.09. The summed E-state index contributed by atoms with van der Waals surface area (Å²) < 4.78 is 29.8. The van der Waals surface area contributed by atoms with Gasteiger partial charge in [-0.25, -0.2) is 8.42 Å². The molecule has 1 atom stereocenters. The first-order valence-corrected chi connectivity index (χ1v) is 11.9. The third-order valence-corrected chi connectivity index (χ3v) is 8.48. The zero-order valence-corrected chi connectivity index (χ0v) is 19.0. The predicted molar refractivity (Wildman–Crippen MR) is 121 cm³/mol. The highest BCUT2D eigenvalue weighted by Crippen LogP contribution is 2.39. The van der Waals surface area contributed by atoms with Crippen LogP contribution in [0.3, 0.4) is 0 Å². The SMILES string of the molecule is CNc1cc(NC)c(S(=O)(=O)N2CCC(C3C=CCC=C3Br)CC2)c(NC)c1.